The van der Waals surface area contributed by atoms with Crippen LogP contribution in [0.15, 0.2) is 18.3 Å². The van der Waals surface area contributed by atoms with E-state index in [0.29, 0.717) is 44.7 Å². The predicted molar refractivity (Wildman–Crippen MR) is 91.9 cm³/mol. The second kappa shape index (κ2) is 7.83. The van der Waals surface area contributed by atoms with E-state index in [-0.39, 0.29) is 11.9 Å². The van der Waals surface area contributed by atoms with Crippen LogP contribution in [-0.2, 0) is 4.79 Å². The van der Waals surface area contributed by atoms with Crippen LogP contribution in [0.4, 0.5) is 10.6 Å². The second-order valence-electron chi connectivity index (χ2n) is 6.28. The Morgan fingerprint density at radius 1 is 1.32 bits per heavy atom. The van der Waals surface area contributed by atoms with Crippen molar-refractivity contribution in [1.29, 1.82) is 5.26 Å². The molecule has 0 spiro atoms. The van der Waals surface area contributed by atoms with Crippen molar-refractivity contribution < 1.29 is 9.59 Å². The molecule has 3 rings (SSSR count). The lowest BCUT2D eigenvalue weighted by atomic mass is 10.1. The largest absolute Gasteiger partial charge is 0.354 e. The number of carbonyl (C=O) groups excluding carboxylic acids is 2. The van der Waals surface area contributed by atoms with Crippen LogP contribution in [0.2, 0.25) is 0 Å². The van der Waals surface area contributed by atoms with Crippen LogP contribution < -0.4 is 15.5 Å². The Bertz CT molecular complexity index is 678. The van der Waals surface area contributed by atoms with Crippen molar-refractivity contribution in [3.8, 4) is 6.07 Å². The fraction of sp³-hybridized carbons (Fsp3) is 0.529. The van der Waals surface area contributed by atoms with Gasteiger partial charge in [0, 0.05) is 38.9 Å². The van der Waals surface area contributed by atoms with Gasteiger partial charge in [-0.2, -0.15) is 5.26 Å². The molecule has 0 aromatic carbocycles. The smallest absolute Gasteiger partial charge is 0.318 e. The topological polar surface area (TPSA) is 101 Å². The number of hydrogen-bond donors (Lipinski definition) is 2. The molecule has 3 heterocycles. The highest BCUT2D eigenvalue weighted by molar-refractivity contribution is 5.87. The van der Waals surface area contributed by atoms with Crippen molar-refractivity contribution in [3.05, 3.63) is 23.9 Å². The molecule has 8 nitrogen and oxygen atoms in total. The maximum Gasteiger partial charge on any atom is 0.318 e. The number of rotatable bonds is 2. The number of nitrogens with zero attached hydrogens (tertiary/aromatic N) is 4. The highest BCUT2D eigenvalue weighted by atomic mass is 16.2. The number of hydrogen-bond acceptors (Lipinski definition) is 5. The summed E-state index contributed by atoms with van der Waals surface area (Å²) in [6.45, 7) is 3.08. The number of pyridine rings is 1. The molecule has 1 aromatic heterocycles. The van der Waals surface area contributed by atoms with Gasteiger partial charge in [-0.3, -0.25) is 4.79 Å². The van der Waals surface area contributed by atoms with E-state index in [9.17, 15) is 9.59 Å². The average Bonchev–Trinajstić information content (AvgIpc) is 2.86. The van der Waals surface area contributed by atoms with Crippen LogP contribution in [-0.4, -0.2) is 60.6 Å². The Morgan fingerprint density at radius 2 is 2.12 bits per heavy atom. The molecule has 1 aromatic rings. The van der Waals surface area contributed by atoms with Gasteiger partial charge >= 0.3 is 6.03 Å². The van der Waals surface area contributed by atoms with Gasteiger partial charge in [0.05, 0.1) is 11.6 Å². The molecule has 132 valence electrons. The molecule has 25 heavy (non-hydrogen) atoms. The number of aromatic nitrogens is 1. The first-order valence-electron chi connectivity index (χ1n) is 8.61. The minimum atomic E-state index is -0.443. The fourth-order valence-electron chi connectivity index (χ4n) is 3.12. The minimum Gasteiger partial charge on any atom is -0.354 e. The summed E-state index contributed by atoms with van der Waals surface area (Å²) in [5.74, 6) is 0.657. The molecule has 2 saturated heterocycles. The van der Waals surface area contributed by atoms with E-state index >= 15 is 0 Å². The van der Waals surface area contributed by atoms with E-state index < -0.39 is 6.04 Å². The summed E-state index contributed by atoms with van der Waals surface area (Å²) in [5.41, 5.74) is 0.574. The third-order valence-electron chi connectivity index (χ3n) is 4.60. The Kier molecular flexibility index (Phi) is 5.33. The van der Waals surface area contributed by atoms with Crippen LogP contribution in [0.3, 0.4) is 0 Å². The number of anilines is 1. The Balaban J connectivity index is 1.53. The van der Waals surface area contributed by atoms with Gasteiger partial charge in [-0.25, -0.2) is 9.78 Å². The number of piperazine rings is 1. The SMILES string of the molecule is N#Cc1ccnc(N2CCN(C(=O)N[C@@H]3CCCCNC3=O)CC2)c1. The van der Waals surface area contributed by atoms with Crippen molar-refractivity contribution in [2.24, 2.45) is 0 Å². The van der Waals surface area contributed by atoms with Crippen molar-refractivity contribution in [3.63, 3.8) is 0 Å². The van der Waals surface area contributed by atoms with Crippen LogP contribution in [0, 0.1) is 11.3 Å². The monoisotopic (exact) mass is 342 g/mol. The van der Waals surface area contributed by atoms with Gasteiger partial charge in [0.15, 0.2) is 0 Å². The maximum absolute atomic E-state index is 12.4. The zero-order chi connectivity index (χ0) is 17.6. The lowest BCUT2D eigenvalue weighted by molar-refractivity contribution is -0.122. The highest BCUT2D eigenvalue weighted by Crippen LogP contribution is 2.15. The van der Waals surface area contributed by atoms with Crippen LogP contribution in [0.1, 0.15) is 24.8 Å². The van der Waals surface area contributed by atoms with Crippen molar-refractivity contribution in [1.82, 2.24) is 20.5 Å². The molecule has 0 unspecified atom stereocenters. The molecule has 2 aliphatic heterocycles. The molecule has 2 N–H and O–H groups in total. The van der Waals surface area contributed by atoms with Crippen LogP contribution in [0.25, 0.3) is 0 Å². The molecule has 3 amide bonds. The Hall–Kier alpha value is -2.82. The Labute approximate surface area is 146 Å². The van der Waals surface area contributed by atoms with Gasteiger partial charge < -0.3 is 20.4 Å². The van der Waals surface area contributed by atoms with Gasteiger partial charge in [0.25, 0.3) is 0 Å². The number of urea groups is 1. The van der Waals surface area contributed by atoms with Gasteiger partial charge in [-0.1, -0.05) is 0 Å². The summed E-state index contributed by atoms with van der Waals surface area (Å²) in [4.78, 5) is 32.4. The maximum atomic E-state index is 12.4. The fourth-order valence-corrected chi connectivity index (χ4v) is 3.12. The van der Waals surface area contributed by atoms with E-state index in [1.165, 1.54) is 0 Å². The van der Waals surface area contributed by atoms with E-state index in [4.69, 9.17) is 5.26 Å². The van der Waals surface area contributed by atoms with Crippen molar-refractivity contribution in [2.75, 3.05) is 37.6 Å². The number of nitrogens with one attached hydrogen (secondary N) is 2. The molecule has 2 aliphatic rings. The van der Waals surface area contributed by atoms with E-state index in [1.54, 1.807) is 23.2 Å². The van der Waals surface area contributed by atoms with Crippen LogP contribution >= 0.6 is 0 Å². The second-order valence-corrected chi connectivity index (χ2v) is 6.28. The van der Waals surface area contributed by atoms with Gasteiger partial charge in [0.2, 0.25) is 5.91 Å². The first kappa shape index (κ1) is 17.0. The van der Waals surface area contributed by atoms with Crippen molar-refractivity contribution >= 4 is 17.8 Å². The summed E-state index contributed by atoms with van der Waals surface area (Å²) in [6, 6.07) is 4.90. The molecular weight excluding hydrogens is 320 g/mol. The molecule has 0 bridgehead atoms. The third-order valence-corrected chi connectivity index (χ3v) is 4.60. The first-order chi connectivity index (χ1) is 12.2. The van der Waals surface area contributed by atoms with Crippen LogP contribution in [0.5, 0.6) is 0 Å². The predicted octanol–water partition coefficient (Wildman–Crippen LogP) is 0.454. The summed E-state index contributed by atoms with van der Waals surface area (Å²) in [7, 11) is 0. The molecule has 1 atom stereocenters. The summed E-state index contributed by atoms with van der Waals surface area (Å²) >= 11 is 0. The zero-order valence-electron chi connectivity index (χ0n) is 14.1. The summed E-state index contributed by atoms with van der Waals surface area (Å²) in [5, 5.41) is 14.7. The highest BCUT2D eigenvalue weighted by Gasteiger charge is 2.27. The summed E-state index contributed by atoms with van der Waals surface area (Å²) in [6.07, 6.45) is 4.18. The quantitative estimate of drug-likeness (QED) is 0.813. The lowest BCUT2D eigenvalue weighted by Gasteiger charge is -2.36. The van der Waals surface area contributed by atoms with E-state index in [1.807, 2.05) is 0 Å². The van der Waals surface area contributed by atoms with Crippen molar-refractivity contribution in [2.45, 2.75) is 25.3 Å². The Morgan fingerprint density at radius 3 is 2.88 bits per heavy atom. The normalized spacial score (nSPS) is 21.1. The molecular formula is C17H22N6O2. The minimum absolute atomic E-state index is 0.0954. The molecule has 0 saturated carbocycles. The molecule has 0 aliphatic carbocycles. The number of amides is 3. The molecule has 2 fully saturated rings. The zero-order valence-corrected chi connectivity index (χ0v) is 14.1. The number of carbonyl (C=O) groups is 2. The summed E-state index contributed by atoms with van der Waals surface area (Å²) < 4.78 is 0. The number of nitriles is 1. The molecule has 0 radical (unpaired) electrons. The first-order valence-corrected chi connectivity index (χ1v) is 8.61. The third kappa shape index (κ3) is 4.18. The lowest BCUT2D eigenvalue weighted by Crippen LogP contribution is -2.55. The van der Waals surface area contributed by atoms with Gasteiger partial charge in [-0.05, 0) is 31.4 Å². The van der Waals surface area contributed by atoms with E-state index in [0.717, 1.165) is 18.7 Å². The average molecular weight is 342 g/mol. The van der Waals surface area contributed by atoms with Gasteiger partial charge in [0.1, 0.15) is 11.9 Å². The van der Waals surface area contributed by atoms with E-state index in [2.05, 4.69) is 26.6 Å². The van der Waals surface area contributed by atoms with Gasteiger partial charge in [-0.15, -0.1) is 0 Å². The standard InChI is InChI=1S/C17H22N6O2/c18-12-13-4-6-19-15(11-13)22-7-9-23(10-8-22)17(25)21-14-3-1-2-5-20-16(14)24/h4,6,11,14H,1-3,5,7-10H2,(H,20,24)(H,21,25)/t14-/m1/s1. The molecule has 8 heteroatoms.